The molecule has 2 rings (SSSR count). The molecule has 4 nitrogen and oxygen atoms in total. The summed E-state index contributed by atoms with van der Waals surface area (Å²) >= 11 is 0. The molecule has 0 atom stereocenters. The van der Waals surface area contributed by atoms with Gasteiger partial charge in [0.1, 0.15) is 0 Å². The Balaban J connectivity index is 2.05. The van der Waals surface area contributed by atoms with Gasteiger partial charge in [0, 0.05) is 18.7 Å². The monoisotopic (exact) mass is 219 g/mol. The summed E-state index contributed by atoms with van der Waals surface area (Å²) in [4.78, 5) is 23.8. The largest absolute Gasteiger partial charge is 0.481 e. The first-order valence-corrected chi connectivity index (χ1v) is 5.28. The fourth-order valence-corrected chi connectivity index (χ4v) is 1.95. The van der Waals surface area contributed by atoms with E-state index in [1.54, 1.807) is 4.90 Å². The van der Waals surface area contributed by atoms with Gasteiger partial charge in [-0.1, -0.05) is 18.2 Å². The van der Waals surface area contributed by atoms with Crippen LogP contribution in [0.15, 0.2) is 24.3 Å². The molecule has 16 heavy (non-hydrogen) atoms. The standard InChI is InChI=1S/C12H13NO3/c14-11-8-9-4-1-2-5-10(9)13(11)7-3-6-12(15)16/h1-2,4-5H,3,6-8H2,(H,15,16). The average Bonchev–Trinajstić information content (AvgIpc) is 2.55. The van der Waals surface area contributed by atoms with Crippen molar-refractivity contribution in [2.75, 3.05) is 11.4 Å². The molecule has 84 valence electrons. The van der Waals surface area contributed by atoms with E-state index in [1.165, 1.54) is 0 Å². The van der Waals surface area contributed by atoms with Crippen molar-refractivity contribution < 1.29 is 14.7 Å². The predicted molar refractivity (Wildman–Crippen MR) is 59.4 cm³/mol. The molecule has 0 aromatic heterocycles. The number of hydrogen-bond donors (Lipinski definition) is 1. The Labute approximate surface area is 93.5 Å². The van der Waals surface area contributed by atoms with Crippen molar-refractivity contribution in [2.24, 2.45) is 0 Å². The fourth-order valence-electron chi connectivity index (χ4n) is 1.95. The van der Waals surface area contributed by atoms with Crippen LogP contribution in [0.2, 0.25) is 0 Å². The highest BCUT2D eigenvalue weighted by Gasteiger charge is 2.25. The second kappa shape index (κ2) is 4.35. The summed E-state index contributed by atoms with van der Waals surface area (Å²) < 4.78 is 0. The minimum atomic E-state index is -0.820. The van der Waals surface area contributed by atoms with Crippen LogP contribution >= 0.6 is 0 Å². The predicted octanol–water partition coefficient (Wildman–Crippen LogP) is 1.44. The quantitative estimate of drug-likeness (QED) is 0.833. The molecule has 1 aliphatic rings. The summed E-state index contributed by atoms with van der Waals surface area (Å²) in [5.74, 6) is -0.758. The second-order valence-corrected chi connectivity index (χ2v) is 3.85. The molecule has 1 aliphatic heterocycles. The van der Waals surface area contributed by atoms with Crippen LogP contribution < -0.4 is 4.90 Å². The topological polar surface area (TPSA) is 57.6 Å². The maximum absolute atomic E-state index is 11.7. The van der Waals surface area contributed by atoms with Gasteiger partial charge in [-0.15, -0.1) is 0 Å². The number of carbonyl (C=O) groups is 2. The highest BCUT2D eigenvalue weighted by atomic mass is 16.4. The number of amides is 1. The summed E-state index contributed by atoms with van der Waals surface area (Å²) in [5, 5.41) is 8.55. The van der Waals surface area contributed by atoms with Gasteiger partial charge in [-0.25, -0.2) is 0 Å². The van der Waals surface area contributed by atoms with Crippen molar-refractivity contribution in [3.8, 4) is 0 Å². The molecular formula is C12H13NO3. The number of nitrogens with zero attached hydrogens (tertiary/aromatic N) is 1. The number of aliphatic carboxylic acids is 1. The molecular weight excluding hydrogens is 206 g/mol. The number of carboxylic acids is 1. The number of para-hydroxylation sites is 1. The van der Waals surface area contributed by atoms with Crippen molar-refractivity contribution in [1.29, 1.82) is 0 Å². The number of anilines is 1. The van der Waals surface area contributed by atoms with Gasteiger partial charge in [0.05, 0.1) is 6.42 Å². The minimum Gasteiger partial charge on any atom is -0.481 e. The van der Waals surface area contributed by atoms with Crippen LogP contribution in [0.5, 0.6) is 0 Å². The first kappa shape index (κ1) is 10.7. The summed E-state index contributed by atoms with van der Waals surface area (Å²) in [5.41, 5.74) is 1.96. The number of benzene rings is 1. The lowest BCUT2D eigenvalue weighted by Gasteiger charge is -2.16. The van der Waals surface area contributed by atoms with E-state index in [-0.39, 0.29) is 12.3 Å². The summed E-state index contributed by atoms with van der Waals surface area (Å²) in [6, 6.07) is 7.64. The van der Waals surface area contributed by atoms with Gasteiger partial charge in [-0.3, -0.25) is 9.59 Å². The van der Waals surface area contributed by atoms with Crippen LogP contribution in [0.1, 0.15) is 18.4 Å². The SMILES string of the molecule is O=C(O)CCCN1C(=O)Cc2ccccc21. The maximum atomic E-state index is 11.7. The van der Waals surface area contributed by atoms with Gasteiger partial charge >= 0.3 is 5.97 Å². The average molecular weight is 219 g/mol. The molecule has 4 heteroatoms. The molecule has 0 unspecified atom stereocenters. The highest BCUT2D eigenvalue weighted by Crippen LogP contribution is 2.28. The molecule has 1 aromatic rings. The van der Waals surface area contributed by atoms with Crippen molar-refractivity contribution >= 4 is 17.6 Å². The third-order valence-electron chi connectivity index (χ3n) is 2.70. The van der Waals surface area contributed by atoms with Crippen molar-refractivity contribution in [3.05, 3.63) is 29.8 Å². The van der Waals surface area contributed by atoms with Gasteiger partial charge in [0.2, 0.25) is 5.91 Å². The molecule has 1 amide bonds. The zero-order valence-corrected chi connectivity index (χ0v) is 8.85. The van der Waals surface area contributed by atoms with Gasteiger partial charge in [0.25, 0.3) is 0 Å². The molecule has 0 fully saturated rings. The zero-order valence-electron chi connectivity index (χ0n) is 8.85. The van der Waals surface area contributed by atoms with Crippen LogP contribution in [0.25, 0.3) is 0 Å². The first-order valence-electron chi connectivity index (χ1n) is 5.28. The fraction of sp³-hybridized carbons (Fsp3) is 0.333. The molecule has 0 bridgehead atoms. The lowest BCUT2D eigenvalue weighted by Crippen LogP contribution is -2.28. The van der Waals surface area contributed by atoms with E-state index < -0.39 is 5.97 Å². The van der Waals surface area contributed by atoms with E-state index in [4.69, 9.17) is 5.11 Å². The van der Waals surface area contributed by atoms with Crippen molar-refractivity contribution in [1.82, 2.24) is 0 Å². The number of carbonyl (C=O) groups excluding carboxylic acids is 1. The third kappa shape index (κ3) is 2.05. The van der Waals surface area contributed by atoms with Gasteiger partial charge in [-0.05, 0) is 18.1 Å². The number of fused-ring (bicyclic) bond motifs is 1. The lowest BCUT2D eigenvalue weighted by atomic mass is 10.2. The molecule has 0 aliphatic carbocycles. The summed E-state index contributed by atoms with van der Waals surface area (Å²) in [7, 11) is 0. The Morgan fingerprint density at radius 1 is 1.38 bits per heavy atom. The normalized spacial score (nSPS) is 14.0. The number of carboxylic acid groups (broad SMARTS) is 1. The third-order valence-corrected chi connectivity index (χ3v) is 2.70. The highest BCUT2D eigenvalue weighted by molar-refractivity contribution is 6.01. The minimum absolute atomic E-state index is 0.0617. The Morgan fingerprint density at radius 2 is 2.12 bits per heavy atom. The van der Waals surface area contributed by atoms with Crippen LogP contribution in [-0.4, -0.2) is 23.5 Å². The van der Waals surface area contributed by atoms with Gasteiger partial charge in [0.15, 0.2) is 0 Å². The molecule has 1 heterocycles. The second-order valence-electron chi connectivity index (χ2n) is 3.85. The first-order chi connectivity index (χ1) is 7.68. The number of hydrogen-bond acceptors (Lipinski definition) is 2. The number of rotatable bonds is 4. The zero-order chi connectivity index (χ0) is 11.5. The molecule has 0 spiro atoms. The summed E-state index contributed by atoms with van der Waals surface area (Å²) in [6.45, 7) is 0.488. The molecule has 1 N–H and O–H groups in total. The lowest BCUT2D eigenvalue weighted by molar-refractivity contribution is -0.137. The van der Waals surface area contributed by atoms with E-state index in [0.717, 1.165) is 11.3 Å². The Hall–Kier alpha value is -1.84. The molecule has 1 aromatic carbocycles. The molecule has 0 saturated carbocycles. The Kier molecular flexibility index (Phi) is 2.90. The van der Waals surface area contributed by atoms with Crippen LogP contribution in [0.3, 0.4) is 0 Å². The van der Waals surface area contributed by atoms with Gasteiger partial charge < -0.3 is 10.0 Å². The molecule has 0 radical (unpaired) electrons. The molecule has 0 saturated heterocycles. The van der Waals surface area contributed by atoms with Crippen LogP contribution in [0.4, 0.5) is 5.69 Å². The Bertz CT molecular complexity index is 428. The van der Waals surface area contributed by atoms with E-state index >= 15 is 0 Å². The van der Waals surface area contributed by atoms with E-state index in [1.807, 2.05) is 24.3 Å². The van der Waals surface area contributed by atoms with E-state index in [9.17, 15) is 9.59 Å². The van der Waals surface area contributed by atoms with Crippen molar-refractivity contribution in [2.45, 2.75) is 19.3 Å². The smallest absolute Gasteiger partial charge is 0.303 e. The van der Waals surface area contributed by atoms with E-state index in [0.29, 0.717) is 19.4 Å². The summed E-state index contributed by atoms with van der Waals surface area (Å²) in [6.07, 6.45) is 1.03. The van der Waals surface area contributed by atoms with Crippen molar-refractivity contribution in [3.63, 3.8) is 0 Å². The van der Waals surface area contributed by atoms with Crippen LogP contribution in [-0.2, 0) is 16.0 Å². The Morgan fingerprint density at radius 3 is 2.88 bits per heavy atom. The van der Waals surface area contributed by atoms with E-state index in [2.05, 4.69) is 0 Å². The van der Waals surface area contributed by atoms with Gasteiger partial charge in [-0.2, -0.15) is 0 Å². The maximum Gasteiger partial charge on any atom is 0.303 e. The van der Waals surface area contributed by atoms with Crippen LogP contribution in [0, 0.1) is 0 Å².